The Kier molecular flexibility index (Phi) is 66.8. The second-order valence-corrected chi connectivity index (χ2v) is 33.0. The Morgan fingerprint density at radius 2 is 0.490 bits per heavy atom. The fraction of sp³-hybridized carbons (Fsp3) is 0.949. The summed E-state index contributed by atoms with van der Waals surface area (Å²) in [4.78, 5) is 72.8. The number of carbonyl (C=O) groups excluding carboxylic acids is 4. The lowest BCUT2D eigenvalue weighted by molar-refractivity contribution is -0.161. The van der Waals surface area contributed by atoms with Gasteiger partial charge in [-0.15, -0.1) is 0 Å². The molecule has 0 saturated carbocycles. The van der Waals surface area contributed by atoms with Crippen molar-refractivity contribution >= 4 is 39.5 Å². The number of rotatable bonds is 76. The molecule has 6 atom stereocenters. The van der Waals surface area contributed by atoms with E-state index < -0.39 is 97.5 Å². The molecule has 0 aromatic heterocycles. The zero-order chi connectivity index (χ0) is 72.4. The molecule has 0 radical (unpaired) electrons. The monoisotopic (exact) mass is 1440 g/mol. The summed E-state index contributed by atoms with van der Waals surface area (Å²) in [6, 6.07) is 0. The molecule has 98 heavy (non-hydrogen) atoms. The van der Waals surface area contributed by atoms with Crippen molar-refractivity contribution in [3.8, 4) is 0 Å². The van der Waals surface area contributed by atoms with Crippen molar-refractivity contribution in [3.05, 3.63) is 0 Å². The highest BCUT2D eigenvalue weighted by molar-refractivity contribution is 7.47. The summed E-state index contributed by atoms with van der Waals surface area (Å²) in [5.74, 6) is 0.938. The van der Waals surface area contributed by atoms with Crippen molar-refractivity contribution in [1.82, 2.24) is 0 Å². The topological polar surface area (TPSA) is 237 Å². The SMILES string of the molecule is CCC(C)CCCCCCCCCCCCCCCCCCCCC(=O)O[C@H](COC(=O)CCCCCCCCCCCCCCCC(C)C)COP(=O)(O)OC[C@@H](O)COP(=O)(O)OC[C@@H](COC(=O)CCCCCCCCC(C)C)OC(=O)CCCCCCCCCCC(C)C. The van der Waals surface area contributed by atoms with Gasteiger partial charge in [0, 0.05) is 25.7 Å². The highest BCUT2D eigenvalue weighted by Crippen LogP contribution is 2.45. The summed E-state index contributed by atoms with van der Waals surface area (Å²) in [6.45, 7) is 14.2. The number of hydrogen-bond acceptors (Lipinski definition) is 15. The van der Waals surface area contributed by atoms with Crippen LogP contribution in [0.1, 0.15) is 402 Å². The standard InChI is InChI=1S/C79H154O17P2/c1-9-72(8)58-50-42-33-26-22-18-14-12-10-11-13-15-19-24-28-35-45-53-61-78(83)95-74(65-89-76(81)59-51-43-34-27-23-20-16-17-21-25-31-39-47-55-69(2)3)67-93-97(85,86)91-63-73(80)64-92-98(87,88)94-68-75(66-90-77(82)60-52-44-38-37-41-49-57-71(6)7)96-79(84)62-54-46-36-30-29-32-40-48-56-70(4)5/h69-75,80H,9-68H2,1-8H3,(H,85,86)(H,87,88)/t72?,73-,74-,75-/m1/s1. The first-order valence-corrected chi connectivity index (χ1v) is 43.7. The fourth-order valence-electron chi connectivity index (χ4n) is 12.0. The number of esters is 4. The van der Waals surface area contributed by atoms with Gasteiger partial charge < -0.3 is 33.8 Å². The molecule has 582 valence electrons. The molecule has 0 aromatic carbocycles. The highest BCUT2D eigenvalue weighted by Gasteiger charge is 2.30. The summed E-state index contributed by atoms with van der Waals surface area (Å²) >= 11 is 0. The van der Waals surface area contributed by atoms with Crippen LogP contribution in [0.3, 0.4) is 0 Å². The van der Waals surface area contributed by atoms with Crippen molar-refractivity contribution in [2.75, 3.05) is 39.6 Å². The number of ether oxygens (including phenoxy) is 4. The van der Waals surface area contributed by atoms with Gasteiger partial charge in [-0.3, -0.25) is 37.3 Å². The van der Waals surface area contributed by atoms with Crippen molar-refractivity contribution in [2.24, 2.45) is 23.7 Å². The quantitative estimate of drug-likeness (QED) is 0.0222. The van der Waals surface area contributed by atoms with Crippen molar-refractivity contribution in [2.45, 2.75) is 420 Å². The molecule has 0 bridgehead atoms. The molecule has 3 N–H and O–H groups in total. The molecule has 0 amide bonds. The van der Waals surface area contributed by atoms with E-state index in [0.29, 0.717) is 31.6 Å². The number of phosphoric acid groups is 2. The van der Waals surface area contributed by atoms with Crippen LogP contribution in [-0.2, 0) is 65.4 Å². The largest absolute Gasteiger partial charge is 0.472 e. The summed E-state index contributed by atoms with van der Waals surface area (Å²) < 4.78 is 68.5. The third-order valence-electron chi connectivity index (χ3n) is 18.7. The van der Waals surface area contributed by atoms with E-state index >= 15 is 0 Å². The predicted octanol–water partition coefficient (Wildman–Crippen LogP) is 23.2. The van der Waals surface area contributed by atoms with Gasteiger partial charge in [-0.05, 0) is 49.4 Å². The molecule has 0 heterocycles. The van der Waals surface area contributed by atoms with Gasteiger partial charge in [0.1, 0.15) is 19.3 Å². The molecular formula is C79H154O17P2. The van der Waals surface area contributed by atoms with Gasteiger partial charge in [0.05, 0.1) is 26.4 Å². The Morgan fingerprint density at radius 3 is 0.724 bits per heavy atom. The minimum Gasteiger partial charge on any atom is -0.462 e. The molecule has 19 heteroatoms. The molecular weight excluding hydrogens is 1280 g/mol. The lowest BCUT2D eigenvalue weighted by atomic mass is 9.99. The lowest BCUT2D eigenvalue weighted by Crippen LogP contribution is -2.30. The van der Waals surface area contributed by atoms with Gasteiger partial charge in [0.25, 0.3) is 0 Å². The Labute approximate surface area is 600 Å². The van der Waals surface area contributed by atoms with Crippen LogP contribution in [-0.4, -0.2) is 96.7 Å². The van der Waals surface area contributed by atoms with Crippen LogP contribution in [0.15, 0.2) is 0 Å². The van der Waals surface area contributed by atoms with E-state index in [2.05, 4.69) is 55.4 Å². The van der Waals surface area contributed by atoms with Gasteiger partial charge in [-0.1, -0.05) is 351 Å². The summed E-state index contributed by atoms with van der Waals surface area (Å²) in [5, 5.41) is 10.6. The third kappa shape index (κ3) is 71.1. The van der Waals surface area contributed by atoms with Crippen LogP contribution >= 0.6 is 15.6 Å². The summed E-state index contributed by atoms with van der Waals surface area (Å²) in [6.07, 6.45) is 54.4. The molecule has 0 rings (SSSR count). The van der Waals surface area contributed by atoms with Crippen LogP contribution in [0.4, 0.5) is 0 Å². The van der Waals surface area contributed by atoms with Gasteiger partial charge in [0.15, 0.2) is 12.2 Å². The van der Waals surface area contributed by atoms with E-state index in [4.69, 9.17) is 37.0 Å². The van der Waals surface area contributed by atoms with Crippen LogP contribution in [0.2, 0.25) is 0 Å². The second kappa shape index (κ2) is 68.2. The number of phosphoric ester groups is 2. The molecule has 0 aromatic rings. The van der Waals surface area contributed by atoms with Gasteiger partial charge in [-0.2, -0.15) is 0 Å². The number of aliphatic hydroxyl groups excluding tert-OH is 1. The maximum atomic E-state index is 13.1. The van der Waals surface area contributed by atoms with E-state index in [1.165, 1.54) is 199 Å². The van der Waals surface area contributed by atoms with Crippen molar-refractivity contribution in [1.29, 1.82) is 0 Å². The minimum atomic E-state index is -4.96. The molecule has 0 saturated heterocycles. The van der Waals surface area contributed by atoms with E-state index in [1.807, 2.05) is 0 Å². The maximum absolute atomic E-state index is 13.1. The average Bonchev–Trinajstić information content (AvgIpc) is 1.12. The molecule has 0 fully saturated rings. The van der Waals surface area contributed by atoms with Gasteiger partial charge in [0.2, 0.25) is 0 Å². The Balaban J connectivity index is 5.19. The smallest absolute Gasteiger partial charge is 0.462 e. The number of carbonyl (C=O) groups is 4. The third-order valence-corrected chi connectivity index (χ3v) is 20.6. The molecule has 0 aliphatic rings. The normalized spacial score (nSPS) is 14.3. The first-order valence-electron chi connectivity index (χ1n) is 40.7. The van der Waals surface area contributed by atoms with Crippen LogP contribution < -0.4 is 0 Å². The number of hydrogen-bond donors (Lipinski definition) is 3. The fourth-order valence-corrected chi connectivity index (χ4v) is 13.6. The lowest BCUT2D eigenvalue weighted by Gasteiger charge is -2.21. The Morgan fingerprint density at radius 1 is 0.286 bits per heavy atom. The first kappa shape index (κ1) is 96.1. The van der Waals surface area contributed by atoms with Gasteiger partial charge >= 0.3 is 39.5 Å². The molecule has 0 spiro atoms. The summed E-state index contributed by atoms with van der Waals surface area (Å²) in [5.41, 5.74) is 0. The van der Waals surface area contributed by atoms with Crippen molar-refractivity contribution in [3.63, 3.8) is 0 Å². The van der Waals surface area contributed by atoms with E-state index in [-0.39, 0.29) is 25.7 Å². The minimum absolute atomic E-state index is 0.103. The van der Waals surface area contributed by atoms with E-state index in [0.717, 1.165) is 114 Å². The molecule has 0 aliphatic heterocycles. The zero-order valence-corrected chi connectivity index (χ0v) is 66.2. The molecule has 17 nitrogen and oxygen atoms in total. The van der Waals surface area contributed by atoms with E-state index in [1.54, 1.807) is 0 Å². The highest BCUT2D eigenvalue weighted by atomic mass is 31.2. The number of unbranched alkanes of at least 4 members (excludes halogenated alkanes) is 41. The maximum Gasteiger partial charge on any atom is 0.472 e. The molecule has 3 unspecified atom stereocenters. The van der Waals surface area contributed by atoms with E-state index in [9.17, 15) is 43.2 Å². The van der Waals surface area contributed by atoms with Crippen LogP contribution in [0.25, 0.3) is 0 Å². The van der Waals surface area contributed by atoms with Crippen LogP contribution in [0.5, 0.6) is 0 Å². The second-order valence-electron chi connectivity index (χ2n) is 30.1. The number of aliphatic hydroxyl groups is 1. The van der Waals surface area contributed by atoms with Gasteiger partial charge in [-0.25, -0.2) is 9.13 Å². The molecule has 0 aliphatic carbocycles. The Hall–Kier alpha value is -1.94. The predicted molar refractivity (Wildman–Crippen MR) is 400 cm³/mol. The van der Waals surface area contributed by atoms with Crippen LogP contribution in [0, 0.1) is 23.7 Å². The van der Waals surface area contributed by atoms with Crippen molar-refractivity contribution < 1.29 is 80.2 Å². The zero-order valence-electron chi connectivity index (χ0n) is 64.4. The average molecular weight is 1440 g/mol. The summed E-state index contributed by atoms with van der Waals surface area (Å²) in [7, 11) is -9.91. The first-order chi connectivity index (χ1) is 47.1. The Bertz CT molecular complexity index is 1920.